The van der Waals surface area contributed by atoms with Crippen molar-refractivity contribution in [3.63, 3.8) is 0 Å². The van der Waals surface area contributed by atoms with Crippen molar-refractivity contribution in [2.45, 2.75) is 64.1 Å². The molecule has 1 saturated heterocycles. The zero-order valence-electron chi connectivity index (χ0n) is 18.2. The number of nitrogens with one attached hydrogen (secondary N) is 1. The summed E-state index contributed by atoms with van der Waals surface area (Å²) in [4.78, 5) is 28.1. The largest absolute Gasteiger partial charge is 0.368 e. The molecule has 1 aliphatic carbocycles. The molecule has 2 atom stereocenters. The van der Waals surface area contributed by atoms with Gasteiger partial charge in [-0.15, -0.1) is 16.4 Å². The van der Waals surface area contributed by atoms with Crippen LogP contribution < -0.4 is 5.32 Å². The number of carbonyl (C=O) groups excluding carboxylic acids is 2. The first-order chi connectivity index (χ1) is 15.0. The van der Waals surface area contributed by atoms with Gasteiger partial charge in [0.1, 0.15) is 6.10 Å². The van der Waals surface area contributed by atoms with E-state index in [1.165, 1.54) is 25.7 Å². The molecule has 0 aromatic carbocycles. The molecular weight excluding hydrogens is 414 g/mol. The lowest BCUT2D eigenvalue weighted by atomic mass is 9.84. The van der Waals surface area contributed by atoms with Gasteiger partial charge < -0.3 is 15.0 Å². The van der Waals surface area contributed by atoms with Crippen molar-refractivity contribution in [3.05, 3.63) is 34.3 Å². The Morgan fingerprint density at radius 3 is 2.97 bits per heavy atom. The molecule has 3 heterocycles. The summed E-state index contributed by atoms with van der Waals surface area (Å²) in [6.45, 7) is 3.80. The maximum atomic E-state index is 12.8. The van der Waals surface area contributed by atoms with Crippen LogP contribution in [0.5, 0.6) is 0 Å². The summed E-state index contributed by atoms with van der Waals surface area (Å²) in [5, 5.41) is 13.1. The fourth-order valence-corrected chi connectivity index (χ4v) is 5.25. The second-order valence-corrected chi connectivity index (χ2v) is 9.97. The normalized spacial score (nSPS) is 20.8. The van der Waals surface area contributed by atoms with E-state index in [1.54, 1.807) is 34.2 Å². The number of carbonyl (C=O) groups is 2. The van der Waals surface area contributed by atoms with Gasteiger partial charge in [0.15, 0.2) is 5.69 Å². The Morgan fingerprint density at radius 2 is 2.23 bits per heavy atom. The van der Waals surface area contributed by atoms with Gasteiger partial charge in [-0.2, -0.15) is 0 Å². The van der Waals surface area contributed by atoms with Crippen LogP contribution >= 0.6 is 11.3 Å². The van der Waals surface area contributed by atoms with E-state index in [0.29, 0.717) is 31.8 Å². The first kappa shape index (κ1) is 22.0. The minimum absolute atomic E-state index is 0.0264. The minimum atomic E-state index is -0.328. The number of hydrogen-bond acceptors (Lipinski definition) is 6. The number of ether oxygens (including phenoxy) is 1. The molecule has 8 nitrogen and oxygen atoms in total. The summed E-state index contributed by atoms with van der Waals surface area (Å²) in [7, 11) is 1.76. The highest BCUT2D eigenvalue weighted by Crippen LogP contribution is 2.46. The van der Waals surface area contributed by atoms with E-state index in [4.69, 9.17) is 4.74 Å². The van der Waals surface area contributed by atoms with Crippen molar-refractivity contribution in [2.75, 3.05) is 20.2 Å². The summed E-state index contributed by atoms with van der Waals surface area (Å²) >= 11 is 1.64. The van der Waals surface area contributed by atoms with Crippen LogP contribution in [0.3, 0.4) is 0 Å². The van der Waals surface area contributed by atoms with Crippen LogP contribution in [0.1, 0.15) is 60.8 Å². The molecule has 1 aliphatic heterocycles. The maximum Gasteiger partial charge on any atom is 0.276 e. The first-order valence-corrected chi connectivity index (χ1v) is 11.9. The fraction of sp³-hybridized carbons (Fsp3) is 0.636. The molecule has 2 fully saturated rings. The Bertz CT molecular complexity index is 891. The second-order valence-electron chi connectivity index (χ2n) is 8.94. The van der Waals surface area contributed by atoms with Gasteiger partial charge in [0, 0.05) is 24.5 Å². The topological polar surface area (TPSA) is 89.4 Å². The van der Waals surface area contributed by atoms with Crippen LogP contribution in [-0.2, 0) is 16.1 Å². The Balaban J connectivity index is 1.21. The van der Waals surface area contributed by atoms with E-state index >= 15 is 0 Å². The lowest BCUT2D eigenvalue weighted by Crippen LogP contribution is -2.40. The summed E-state index contributed by atoms with van der Waals surface area (Å²) in [6, 6.07) is 3.98. The molecule has 2 aromatic heterocycles. The molecule has 168 valence electrons. The molecule has 2 aromatic rings. The first-order valence-electron chi connectivity index (χ1n) is 11.0. The third kappa shape index (κ3) is 5.15. The van der Waals surface area contributed by atoms with Gasteiger partial charge >= 0.3 is 0 Å². The van der Waals surface area contributed by atoms with Crippen molar-refractivity contribution in [1.29, 1.82) is 0 Å². The van der Waals surface area contributed by atoms with Gasteiger partial charge in [-0.3, -0.25) is 9.59 Å². The quantitative estimate of drug-likeness (QED) is 0.675. The van der Waals surface area contributed by atoms with E-state index in [9.17, 15) is 9.59 Å². The molecule has 9 heteroatoms. The van der Waals surface area contributed by atoms with E-state index in [-0.39, 0.29) is 29.4 Å². The van der Waals surface area contributed by atoms with Crippen molar-refractivity contribution in [3.8, 4) is 0 Å². The monoisotopic (exact) mass is 445 g/mol. The third-order valence-corrected chi connectivity index (χ3v) is 7.53. The van der Waals surface area contributed by atoms with Crippen LogP contribution in [0.4, 0.5) is 0 Å². The molecular formula is C22H31N5O3S. The molecule has 1 saturated carbocycles. The van der Waals surface area contributed by atoms with Gasteiger partial charge in [0.2, 0.25) is 5.91 Å². The lowest BCUT2D eigenvalue weighted by molar-refractivity contribution is -0.130. The predicted molar refractivity (Wildman–Crippen MR) is 118 cm³/mol. The van der Waals surface area contributed by atoms with Gasteiger partial charge in [0.05, 0.1) is 19.3 Å². The van der Waals surface area contributed by atoms with Crippen molar-refractivity contribution in [1.82, 2.24) is 25.2 Å². The Kier molecular flexibility index (Phi) is 6.71. The average molecular weight is 446 g/mol. The molecule has 1 spiro atoms. The van der Waals surface area contributed by atoms with Crippen LogP contribution in [-0.4, -0.2) is 64.1 Å². The van der Waals surface area contributed by atoms with Crippen LogP contribution in [0.15, 0.2) is 23.7 Å². The van der Waals surface area contributed by atoms with Crippen LogP contribution in [0.2, 0.25) is 0 Å². The Morgan fingerprint density at radius 1 is 1.42 bits per heavy atom. The van der Waals surface area contributed by atoms with Crippen molar-refractivity contribution < 1.29 is 14.3 Å². The van der Waals surface area contributed by atoms with E-state index in [2.05, 4.69) is 15.6 Å². The van der Waals surface area contributed by atoms with Gasteiger partial charge in [-0.1, -0.05) is 24.1 Å². The number of aromatic nitrogens is 3. The van der Waals surface area contributed by atoms with E-state index in [0.717, 1.165) is 11.3 Å². The highest BCUT2D eigenvalue weighted by molar-refractivity contribution is 7.09. The van der Waals surface area contributed by atoms with Crippen LogP contribution in [0.25, 0.3) is 0 Å². The van der Waals surface area contributed by atoms with Crippen LogP contribution in [0, 0.1) is 5.41 Å². The van der Waals surface area contributed by atoms with Gasteiger partial charge in [-0.05, 0) is 49.5 Å². The molecule has 2 aliphatic rings. The van der Waals surface area contributed by atoms with E-state index < -0.39 is 0 Å². The third-order valence-electron chi connectivity index (χ3n) is 6.66. The van der Waals surface area contributed by atoms with Crippen molar-refractivity contribution in [2.24, 2.45) is 5.41 Å². The maximum absolute atomic E-state index is 12.8. The number of amides is 2. The fourth-order valence-electron chi connectivity index (χ4n) is 4.56. The lowest BCUT2D eigenvalue weighted by Gasteiger charge is -2.24. The number of rotatable bonds is 8. The molecule has 2 unspecified atom stereocenters. The SMILES string of the molecule is CC(CCNC(=O)C1CC2(CCCC2)CO1)N(C)C(=O)c1cn(Cc2cccs2)nn1. The highest BCUT2D eigenvalue weighted by atomic mass is 32.1. The summed E-state index contributed by atoms with van der Waals surface area (Å²) in [5.74, 6) is -0.194. The number of hydrogen-bond donors (Lipinski definition) is 1. The zero-order valence-corrected chi connectivity index (χ0v) is 19.1. The molecule has 31 heavy (non-hydrogen) atoms. The van der Waals surface area contributed by atoms with E-state index in [1.807, 2.05) is 24.4 Å². The van der Waals surface area contributed by atoms with Gasteiger partial charge in [0.25, 0.3) is 5.91 Å². The Labute approximate surface area is 186 Å². The summed E-state index contributed by atoms with van der Waals surface area (Å²) in [6.07, 6.45) is 7.71. The Hall–Kier alpha value is -2.26. The number of thiophene rings is 1. The molecule has 1 N–H and O–H groups in total. The second kappa shape index (κ2) is 9.48. The molecule has 4 rings (SSSR count). The molecule has 0 bridgehead atoms. The van der Waals surface area contributed by atoms with Gasteiger partial charge in [-0.25, -0.2) is 4.68 Å². The number of nitrogens with zero attached hydrogens (tertiary/aromatic N) is 4. The molecule has 0 radical (unpaired) electrons. The predicted octanol–water partition coefficient (Wildman–Crippen LogP) is 2.70. The minimum Gasteiger partial charge on any atom is -0.368 e. The average Bonchev–Trinajstić information content (AvgIpc) is 3.57. The standard InChI is InChI=1S/C22H31N5O3S/c1-16(7-10-23-20(28)19-12-22(15-30-19)8-3-4-9-22)26(2)21(29)18-14-27(25-24-18)13-17-6-5-11-31-17/h5-6,11,14,16,19H,3-4,7-10,12-13,15H2,1-2H3,(H,23,28). The highest BCUT2D eigenvalue weighted by Gasteiger charge is 2.44. The molecule has 2 amide bonds. The zero-order chi connectivity index (χ0) is 21.8. The smallest absolute Gasteiger partial charge is 0.276 e. The summed E-state index contributed by atoms with van der Waals surface area (Å²) in [5.41, 5.74) is 0.569. The van der Waals surface area contributed by atoms with Crippen molar-refractivity contribution >= 4 is 23.2 Å². The summed E-state index contributed by atoms with van der Waals surface area (Å²) < 4.78 is 7.48.